The Morgan fingerprint density at radius 3 is 2.21 bits per heavy atom. The lowest BCUT2D eigenvalue weighted by atomic mass is 9.93. The highest BCUT2D eigenvalue weighted by atomic mass is 16.2. The van der Waals surface area contributed by atoms with E-state index in [2.05, 4.69) is 5.32 Å². The van der Waals surface area contributed by atoms with Crippen molar-refractivity contribution in [3.63, 3.8) is 0 Å². The van der Waals surface area contributed by atoms with Crippen LogP contribution in [-0.2, 0) is 22.7 Å². The fraction of sp³-hybridized carbons (Fsp3) is 0.192. The summed E-state index contributed by atoms with van der Waals surface area (Å²) in [7, 11) is 0. The van der Waals surface area contributed by atoms with Gasteiger partial charge in [-0.3, -0.25) is 34.2 Å². The molecule has 3 aromatic rings. The molecule has 168 valence electrons. The summed E-state index contributed by atoms with van der Waals surface area (Å²) in [4.78, 5) is 65.7. The molecule has 3 aliphatic heterocycles. The van der Waals surface area contributed by atoms with E-state index in [-0.39, 0.29) is 43.1 Å². The molecule has 0 saturated carbocycles. The number of fused-ring (bicyclic) bond motifs is 1. The van der Waals surface area contributed by atoms with Crippen LogP contribution in [0, 0.1) is 0 Å². The van der Waals surface area contributed by atoms with Crippen LogP contribution in [0.5, 0.6) is 0 Å². The molecule has 34 heavy (non-hydrogen) atoms. The Labute approximate surface area is 194 Å². The smallest absolute Gasteiger partial charge is 0.261 e. The maximum atomic E-state index is 13.2. The lowest BCUT2D eigenvalue weighted by Gasteiger charge is -2.29. The lowest BCUT2D eigenvalue weighted by molar-refractivity contribution is -0.136. The molecule has 1 saturated heterocycles. The number of amides is 5. The van der Waals surface area contributed by atoms with Crippen molar-refractivity contribution in [3.8, 4) is 0 Å². The van der Waals surface area contributed by atoms with Crippen LogP contribution in [0.4, 0.5) is 0 Å². The molecule has 8 nitrogen and oxygen atoms in total. The number of rotatable bonds is 3. The topological polar surface area (TPSA) is 104 Å². The second kappa shape index (κ2) is 7.34. The third-order valence-electron chi connectivity index (χ3n) is 6.78. The van der Waals surface area contributed by atoms with E-state index in [4.69, 9.17) is 0 Å². The third kappa shape index (κ3) is 2.95. The Balaban J connectivity index is 1.28. The number of carbonyl (C=O) groups is 5. The van der Waals surface area contributed by atoms with Crippen molar-refractivity contribution in [2.75, 3.05) is 0 Å². The summed E-state index contributed by atoms with van der Waals surface area (Å²) in [6.45, 7) is 0.306. The molecule has 1 unspecified atom stereocenters. The van der Waals surface area contributed by atoms with E-state index < -0.39 is 11.9 Å². The van der Waals surface area contributed by atoms with Gasteiger partial charge in [0.05, 0.1) is 6.54 Å². The molecule has 8 heteroatoms. The molecular formula is C26H19N3O5. The van der Waals surface area contributed by atoms with Gasteiger partial charge in [-0.15, -0.1) is 0 Å². The molecule has 0 spiro atoms. The third-order valence-corrected chi connectivity index (χ3v) is 6.78. The van der Waals surface area contributed by atoms with E-state index in [1.807, 2.05) is 12.1 Å². The molecule has 3 heterocycles. The minimum atomic E-state index is -0.691. The average Bonchev–Trinajstić information content (AvgIpc) is 3.15. The molecule has 0 aliphatic carbocycles. The molecule has 0 radical (unpaired) electrons. The summed E-state index contributed by atoms with van der Waals surface area (Å²) in [5.74, 6) is -1.76. The number of imide groups is 2. The SMILES string of the molecule is O=C1CCC(N2Cc3cc(CN4C(=O)c5cccc6cccc(c56)C4=O)ccc3C2=O)C(=O)N1. The lowest BCUT2D eigenvalue weighted by Crippen LogP contribution is -2.52. The molecule has 1 atom stereocenters. The summed E-state index contributed by atoms with van der Waals surface area (Å²) < 4.78 is 0. The summed E-state index contributed by atoms with van der Waals surface area (Å²) in [6.07, 6.45) is 0.480. The quantitative estimate of drug-likeness (QED) is 0.614. The molecule has 6 rings (SSSR count). The summed E-state index contributed by atoms with van der Waals surface area (Å²) in [5, 5.41) is 3.82. The number of nitrogens with one attached hydrogen (secondary N) is 1. The number of hydrogen-bond donors (Lipinski definition) is 1. The fourth-order valence-electron chi connectivity index (χ4n) is 5.13. The van der Waals surface area contributed by atoms with Gasteiger partial charge < -0.3 is 4.90 Å². The van der Waals surface area contributed by atoms with Crippen LogP contribution in [0.3, 0.4) is 0 Å². The fourth-order valence-corrected chi connectivity index (χ4v) is 5.13. The van der Waals surface area contributed by atoms with Gasteiger partial charge >= 0.3 is 0 Å². The van der Waals surface area contributed by atoms with Gasteiger partial charge in [0.25, 0.3) is 17.7 Å². The Morgan fingerprint density at radius 1 is 0.824 bits per heavy atom. The Bertz CT molecular complexity index is 1410. The average molecular weight is 453 g/mol. The van der Waals surface area contributed by atoms with Gasteiger partial charge in [-0.05, 0) is 41.1 Å². The molecule has 0 aromatic heterocycles. The minimum absolute atomic E-state index is 0.0717. The summed E-state index contributed by atoms with van der Waals surface area (Å²) in [5.41, 5.74) is 2.91. The summed E-state index contributed by atoms with van der Waals surface area (Å²) in [6, 6.07) is 15.3. The largest absolute Gasteiger partial charge is 0.322 e. The van der Waals surface area contributed by atoms with Crippen LogP contribution in [0.2, 0.25) is 0 Å². The predicted molar refractivity (Wildman–Crippen MR) is 121 cm³/mol. The van der Waals surface area contributed by atoms with Crippen molar-refractivity contribution < 1.29 is 24.0 Å². The molecule has 5 amide bonds. The van der Waals surface area contributed by atoms with E-state index in [9.17, 15) is 24.0 Å². The molecule has 3 aromatic carbocycles. The number of nitrogens with zero attached hydrogens (tertiary/aromatic N) is 2. The zero-order valence-electron chi connectivity index (χ0n) is 18.0. The molecule has 3 aliphatic rings. The van der Waals surface area contributed by atoms with E-state index in [1.165, 1.54) is 9.80 Å². The highest BCUT2D eigenvalue weighted by Crippen LogP contribution is 2.32. The van der Waals surface area contributed by atoms with Crippen LogP contribution >= 0.6 is 0 Å². The standard InChI is InChI=1S/C26H19N3O5/c30-21-10-9-20(23(31)27-21)28-13-16-11-14(7-8-17(16)24(28)32)12-29-25(33)18-5-1-3-15-4-2-6-19(22(15)18)26(29)34/h1-8,11,20H,9-10,12-13H2,(H,27,30,31). The van der Waals surface area contributed by atoms with E-state index in [0.717, 1.165) is 10.9 Å². The van der Waals surface area contributed by atoms with E-state index >= 15 is 0 Å². The van der Waals surface area contributed by atoms with Gasteiger partial charge in [0.1, 0.15) is 6.04 Å². The number of carbonyl (C=O) groups excluding carboxylic acids is 5. The normalized spacial score (nSPS) is 19.6. The zero-order chi connectivity index (χ0) is 23.6. The van der Waals surface area contributed by atoms with E-state index in [1.54, 1.807) is 42.5 Å². The maximum absolute atomic E-state index is 13.2. The van der Waals surface area contributed by atoms with Crippen LogP contribution in [-0.4, -0.2) is 45.4 Å². The first kappa shape index (κ1) is 20.3. The van der Waals surface area contributed by atoms with Crippen LogP contribution in [0.25, 0.3) is 10.8 Å². The molecule has 1 fully saturated rings. The zero-order valence-corrected chi connectivity index (χ0v) is 18.0. The Kier molecular flexibility index (Phi) is 4.38. The first-order valence-electron chi connectivity index (χ1n) is 11.1. The van der Waals surface area contributed by atoms with Crippen LogP contribution < -0.4 is 5.32 Å². The highest BCUT2D eigenvalue weighted by molar-refractivity contribution is 6.25. The predicted octanol–water partition coefficient (Wildman–Crippen LogP) is 2.40. The number of piperidine rings is 1. The van der Waals surface area contributed by atoms with Gasteiger partial charge in [-0.2, -0.15) is 0 Å². The number of hydrogen-bond acceptors (Lipinski definition) is 5. The Morgan fingerprint density at radius 2 is 1.53 bits per heavy atom. The van der Waals surface area contributed by atoms with Gasteiger partial charge in [0.15, 0.2) is 0 Å². The minimum Gasteiger partial charge on any atom is -0.322 e. The van der Waals surface area contributed by atoms with Gasteiger partial charge in [-0.1, -0.05) is 36.4 Å². The van der Waals surface area contributed by atoms with Gasteiger partial charge in [0.2, 0.25) is 11.8 Å². The van der Waals surface area contributed by atoms with Crippen molar-refractivity contribution in [1.29, 1.82) is 0 Å². The first-order chi connectivity index (χ1) is 16.4. The Hall–Kier alpha value is -4.33. The van der Waals surface area contributed by atoms with Gasteiger partial charge in [0, 0.05) is 35.0 Å². The van der Waals surface area contributed by atoms with Crippen molar-refractivity contribution in [3.05, 3.63) is 82.4 Å². The second-order valence-corrected chi connectivity index (χ2v) is 8.80. The van der Waals surface area contributed by atoms with Crippen molar-refractivity contribution in [2.24, 2.45) is 0 Å². The highest BCUT2D eigenvalue weighted by Gasteiger charge is 2.39. The maximum Gasteiger partial charge on any atom is 0.261 e. The molecular weight excluding hydrogens is 434 g/mol. The molecule has 0 bridgehead atoms. The van der Waals surface area contributed by atoms with Crippen LogP contribution in [0.1, 0.15) is 55.0 Å². The van der Waals surface area contributed by atoms with Crippen molar-refractivity contribution >= 4 is 40.3 Å². The van der Waals surface area contributed by atoms with Crippen molar-refractivity contribution in [2.45, 2.75) is 32.0 Å². The van der Waals surface area contributed by atoms with Crippen LogP contribution in [0.15, 0.2) is 54.6 Å². The monoisotopic (exact) mass is 453 g/mol. The van der Waals surface area contributed by atoms with Crippen molar-refractivity contribution in [1.82, 2.24) is 15.1 Å². The second-order valence-electron chi connectivity index (χ2n) is 8.80. The first-order valence-corrected chi connectivity index (χ1v) is 11.1. The van der Waals surface area contributed by atoms with Gasteiger partial charge in [-0.25, -0.2) is 0 Å². The molecule has 1 N–H and O–H groups in total. The van der Waals surface area contributed by atoms with E-state index in [0.29, 0.717) is 34.1 Å². The summed E-state index contributed by atoms with van der Waals surface area (Å²) >= 11 is 0. The number of benzene rings is 3.